The Morgan fingerprint density at radius 3 is 2.55 bits per heavy atom. The highest BCUT2D eigenvalue weighted by molar-refractivity contribution is 6.03. The molecule has 49 heavy (non-hydrogen) atoms. The van der Waals surface area contributed by atoms with Crippen LogP contribution in [0, 0.1) is 25.2 Å². The van der Waals surface area contributed by atoms with E-state index in [9.17, 15) is 14.9 Å². The first kappa shape index (κ1) is 31.4. The number of aryl methyl sites for hydroxylation is 4. The predicted octanol–water partition coefficient (Wildman–Crippen LogP) is 5.84. The van der Waals surface area contributed by atoms with Crippen LogP contribution >= 0.6 is 0 Å². The van der Waals surface area contributed by atoms with Crippen LogP contribution in [-0.2, 0) is 24.3 Å². The van der Waals surface area contributed by atoms with Crippen LogP contribution < -0.4 is 15.5 Å². The predicted molar refractivity (Wildman–Crippen MR) is 186 cm³/mol. The number of carbonyl (C=O) groups excluding carboxylic acids is 2. The molecule has 2 amide bonds. The first-order chi connectivity index (χ1) is 23.9. The number of fused-ring (bicyclic) bond motifs is 2. The Kier molecular flexibility index (Phi) is 8.64. The number of amides is 2. The average molecular weight is 654 g/mol. The maximum absolute atomic E-state index is 12.9. The van der Waals surface area contributed by atoms with Gasteiger partial charge >= 0.3 is 6.09 Å². The van der Waals surface area contributed by atoms with E-state index in [1.807, 2.05) is 73.1 Å². The molecule has 0 saturated carbocycles. The van der Waals surface area contributed by atoms with Crippen LogP contribution in [0.3, 0.4) is 0 Å². The first-order valence-electron chi connectivity index (χ1n) is 16.2. The number of hydrogen-bond acceptors (Lipinski definition) is 9. The van der Waals surface area contributed by atoms with Crippen molar-refractivity contribution >= 4 is 35.0 Å². The molecule has 2 N–H and O–H groups in total. The molecule has 5 aromatic rings. The van der Waals surface area contributed by atoms with Crippen molar-refractivity contribution in [2.24, 2.45) is 0 Å². The van der Waals surface area contributed by atoms with Gasteiger partial charge in [0.1, 0.15) is 41.3 Å². The Morgan fingerprint density at radius 2 is 1.80 bits per heavy atom. The molecule has 2 aliphatic rings. The van der Waals surface area contributed by atoms with Gasteiger partial charge in [0.05, 0.1) is 0 Å². The lowest BCUT2D eigenvalue weighted by Gasteiger charge is -2.35. The lowest BCUT2D eigenvalue weighted by atomic mass is 10.1. The summed E-state index contributed by atoms with van der Waals surface area (Å²) in [6, 6.07) is 25.5. The van der Waals surface area contributed by atoms with E-state index in [4.69, 9.17) is 9.84 Å². The van der Waals surface area contributed by atoms with Gasteiger partial charge in [-0.1, -0.05) is 36.4 Å². The molecule has 2 aromatic carbocycles. The van der Waals surface area contributed by atoms with Gasteiger partial charge in [-0.05, 0) is 73.4 Å². The Bertz CT molecular complexity index is 2080. The molecule has 7 rings (SSSR count). The maximum Gasteiger partial charge on any atom is 0.410 e. The number of nitrogens with zero attached hydrogens (tertiary/aromatic N) is 7. The molecule has 2 aliphatic heterocycles. The summed E-state index contributed by atoms with van der Waals surface area (Å²) in [5.74, 6) is 0.721. The number of anilines is 4. The Labute approximate surface area is 284 Å². The van der Waals surface area contributed by atoms with E-state index in [2.05, 4.69) is 43.7 Å². The van der Waals surface area contributed by atoms with Crippen molar-refractivity contribution in [2.75, 3.05) is 41.7 Å². The molecule has 0 atom stereocenters. The van der Waals surface area contributed by atoms with Crippen LogP contribution in [0.4, 0.5) is 27.8 Å². The highest BCUT2D eigenvalue weighted by atomic mass is 16.6. The van der Waals surface area contributed by atoms with Gasteiger partial charge in [0.15, 0.2) is 0 Å². The number of pyridine rings is 2. The fourth-order valence-corrected chi connectivity index (χ4v) is 6.21. The minimum atomic E-state index is -0.357. The second-order valence-corrected chi connectivity index (χ2v) is 12.1. The third-order valence-electron chi connectivity index (χ3n) is 8.80. The number of rotatable bonds is 6. The largest absolute Gasteiger partial charge is 0.445 e. The summed E-state index contributed by atoms with van der Waals surface area (Å²) in [6.07, 6.45) is 2.00. The van der Waals surface area contributed by atoms with Gasteiger partial charge in [0, 0.05) is 61.6 Å². The molecule has 0 aliphatic carbocycles. The zero-order chi connectivity index (χ0) is 33.9. The van der Waals surface area contributed by atoms with E-state index in [0.29, 0.717) is 73.2 Å². The SMILES string of the molecule is Cc1cccc(NC(=O)c2ncc(-c3nn4c(c3C#N)Nc3ccc(N5CCN(C(=O)OCc6ccccc6)CC5)cc3CC4)cc2C)n1. The molecule has 12 nitrogen and oxygen atoms in total. The first-order valence-corrected chi connectivity index (χ1v) is 16.2. The van der Waals surface area contributed by atoms with Gasteiger partial charge in [-0.25, -0.2) is 14.5 Å². The summed E-state index contributed by atoms with van der Waals surface area (Å²) in [5, 5.41) is 21.3. The van der Waals surface area contributed by atoms with E-state index in [0.717, 1.165) is 28.2 Å². The van der Waals surface area contributed by atoms with E-state index >= 15 is 0 Å². The molecule has 1 saturated heterocycles. The van der Waals surface area contributed by atoms with Crippen molar-refractivity contribution in [3.8, 4) is 17.3 Å². The summed E-state index contributed by atoms with van der Waals surface area (Å²) in [6.45, 7) is 7.07. The quantitative estimate of drug-likeness (QED) is 0.231. The molecule has 0 unspecified atom stereocenters. The van der Waals surface area contributed by atoms with Crippen LogP contribution in [0.2, 0.25) is 0 Å². The number of benzene rings is 2. The van der Waals surface area contributed by atoms with E-state index in [1.54, 1.807) is 17.2 Å². The molecule has 3 aromatic heterocycles. The van der Waals surface area contributed by atoms with Crippen molar-refractivity contribution in [1.29, 1.82) is 5.26 Å². The number of carbonyl (C=O) groups is 2. The van der Waals surface area contributed by atoms with Crippen molar-refractivity contribution in [2.45, 2.75) is 33.4 Å². The molecule has 0 radical (unpaired) electrons. The monoisotopic (exact) mass is 653 g/mol. The summed E-state index contributed by atoms with van der Waals surface area (Å²) >= 11 is 0. The summed E-state index contributed by atoms with van der Waals surface area (Å²) in [7, 11) is 0. The Balaban J connectivity index is 1.02. The standard InChI is InChI=1S/C37H35N9O3/c1-24-19-28(22-39-33(24)36(47)42-32-10-6-7-25(2)40-32)34-30(21-38)35-41-31-12-11-29(20-27(31)13-14-46(35)43-34)44-15-17-45(18-16-44)37(48)49-23-26-8-4-3-5-9-26/h3-12,19-20,22,41H,13-18,23H2,1-2H3,(H,40,42,47). The lowest BCUT2D eigenvalue weighted by molar-refractivity contribution is 0.0941. The van der Waals surface area contributed by atoms with Crippen molar-refractivity contribution in [1.82, 2.24) is 24.6 Å². The van der Waals surface area contributed by atoms with Crippen LogP contribution in [0.5, 0.6) is 0 Å². The third-order valence-corrected chi connectivity index (χ3v) is 8.80. The minimum Gasteiger partial charge on any atom is -0.445 e. The fourth-order valence-electron chi connectivity index (χ4n) is 6.21. The number of piperazine rings is 1. The minimum absolute atomic E-state index is 0.263. The highest BCUT2D eigenvalue weighted by Crippen LogP contribution is 2.36. The van der Waals surface area contributed by atoms with Crippen molar-refractivity contribution in [3.05, 3.63) is 113 Å². The summed E-state index contributed by atoms with van der Waals surface area (Å²) < 4.78 is 7.35. The number of aromatic nitrogens is 4. The van der Waals surface area contributed by atoms with Crippen LogP contribution in [-0.4, -0.2) is 62.8 Å². The smallest absolute Gasteiger partial charge is 0.410 e. The molecular formula is C37H35N9O3. The highest BCUT2D eigenvalue weighted by Gasteiger charge is 2.26. The van der Waals surface area contributed by atoms with E-state index < -0.39 is 0 Å². The number of nitriles is 1. The zero-order valence-electron chi connectivity index (χ0n) is 27.3. The van der Waals surface area contributed by atoms with Gasteiger partial charge in [-0.2, -0.15) is 10.4 Å². The van der Waals surface area contributed by atoms with Gasteiger partial charge in [0.25, 0.3) is 5.91 Å². The summed E-state index contributed by atoms with van der Waals surface area (Å²) in [4.78, 5) is 38.4. The van der Waals surface area contributed by atoms with Gasteiger partial charge < -0.3 is 25.2 Å². The average Bonchev–Trinajstić information content (AvgIpc) is 3.37. The van der Waals surface area contributed by atoms with Gasteiger partial charge in [-0.3, -0.25) is 9.78 Å². The molecule has 5 heterocycles. The zero-order valence-corrected chi connectivity index (χ0v) is 27.3. The molecular weight excluding hydrogens is 618 g/mol. The lowest BCUT2D eigenvalue weighted by Crippen LogP contribution is -2.49. The van der Waals surface area contributed by atoms with Crippen LogP contribution in [0.15, 0.2) is 79.0 Å². The number of nitrogens with one attached hydrogen (secondary N) is 2. The van der Waals surface area contributed by atoms with Crippen molar-refractivity contribution in [3.63, 3.8) is 0 Å². The normalized spacial score (nSPS) is 13.7. The number of hydrogen-bond donors (Lipinski definition) is 2. The Hall–Kier alpha value is -6.22. The molecule has 246 valence electrons. The number of ether oxygens (including phenoxy) is 1. The van der Waals surface area contributed by atoms with Gasteiger partial charge in [0.2, 0.25) is 0 Å². The maximum atomic E-state index is 12.9. The molecule has 0 bridgehead atoms. The van der Waals surface area contributed by atoms with Crippen LogP contribution in [0.1, 0.15) is 38.4 Å². The summed E-state index contributed by atoms with van der Waals surface area (Å²) in [5.41, 5.74) is 7.39. The molecule has 0 spiro atoms. The fraction of sp³-hybridized carbons (Fsp3) is 0.243. The second-order valence-electron chi connectivity index (χ2n) is 12.1. The van der Waals surface area contributed by atoms with E-state index in [-0.39, 0.29) is 24.3 Å². The van der Waals surface area contributed by atoms with E-state index in [1.165, 1.54) is 0 Å². The van der Waals surface area contributed by atoms with Crippen molar-refractivity contribution < 1.29 is 14.3 Å². The molecule has 12 heteroatoms. The molecule has 1 fully saturated rings. The third kappa shape index (κ3) is 6.64. The van der Waals surface area contributed by atoms with Gasteiger partial charge in [-0.15, -0.1) is 0 Å². The Morgan fingerprint density at radius 1 is 0.980 bits per heavy atom. The second kappa shape index (κ2) is 13.5. The van der Waals surface area contributed by atoms with Crippen LogP contribution in [0.25, 0.3) is 11.3 Å². The topological polar surface area (TPSA) is 141 Å².